The largest absolute Gasteiger partial charge is 0.393 e. The van der Waals surface area contributed by atoms with Gasteiger partial charge in [-0.3, -0.25) is 19.2 Å². The summed E-state index contributed by atoms with van der Waals surface area (Å²) in [6.07, 6.45) is 0.656. The van der Waals surface area contributed by atoms with Crippen LogP contribution in [0.4, 0.5) is 0 Å². The van der Waals surface area contributed by atoms with Crippen molar-refractivity contribution in [3.8, 4) is 0 Å². The summed E-state index contributed by atoms with van der Waals surface area (Å²) in [5.41, 5.74) is 0. The van der Waals surface area contributed by atoms with Crippen molar-refractivity contribution >= 4 is 23.5 Å². The van der Waals surface area contributed by atoms with Crippen molar-refractivity contribution in [2.24, 2.45) is 0 Å². The van der Waals surface area contributed by atoms with Crippen LogP contribution in [0, 0.1) is 0 Å². The average molecular weight is 546 g/mol. The quantitative estimate of drug-likeness (QED) is 0.124. The minimum Gasteiger partial charge on any atom is -0.393 e. The summed E-state index contributed by atoms with van der Waals surface area (Å²) in [5, 5.41) is 40.6. The zero-order valence-corrected chi connectivity index (χ0v) is 23.7. The van der Waals surface area contributed by atoms with Gasteiger partial charge in [0.15, 0.2) is 0 Å². The van der Waals surface area contributed by atoms with Crippen molar-refractivity contribution in [3.05, 3.63) is 0 Å². The number of hydrogen-bond acceptors (Lipinski definition) is 8. The molecule has 0 aromatic carbocycles. The van der Waals surface area contributed by atoms with E-state index in [9.17, 15) is 39.6 Å². The number of carbonyl (C=O) groups excluding carboxylic acids is 4. The van der Waals surface area contributed by atoms with Crippen LogP contribution in [-0.2, 0) is 19.2 Å². The van der Waals surface area contributed by atoms with Crippen molar-refractivity contribution in [2.45, 2.75) is 116 Å². The molecular formula is C27H51N3O8. The van der Waals surface area contributed by atoms with Gasteiger partial charge in [-0.25, -0.2) is 0 Å². The van der Waals surface area contributed by atoms with Crippen LogP contribution in [0.1, 0.15) is 91.9 Å². The number of ketones is 1. The number of Topliss-reactive ketones (excluding diaryl/α,β-unsaturated/α-hetero) is 1. The molecule has 11 nitrogen and oxygen atoms in total. The minimum absolute atomic E-state index is 0.00116. The van der Waals surface area contributed by atoms with Crippen LogP contribution < -0.4 is 5.32 Å². The molecule has 0 aliphatic heterocycles. The van der Waals surface area contributed by atoms with E-state index >= 15 is 0 Å². The molecule has 0 aromatic rings. The number of nitrogens with one attached hydrogen (secondary N) is 1. The van der Waals surface area contributed by atoms with Gasteiger partial charge in [-0.2, -0.15) is 0 Å². The normalized spacial score (nSPS) is 14.3. The molecule has 4 atom stereocenters. The van der Waals surface area contributed by atoms with E-state index in [1.807, 2.05) is 0 Å². The average Bonchev–Trinajstić information content (AvgIpc) is 2.77. The third-order valence-corrected chi connectivity index (χ3v) is 5.82. The molecule has 11 heteroatoms. The third-order valence-electron chi connectivity index (χ3n) is 5.82. The fourth-order valence-corrected chi connectivity index (χ4v) is 3.99. The molecule has 0 saturated heterocycles. The van der Waals surface area contributed by atoms with Crippen LogP contribution in [0.15, 0.2) is 0 Å². The van der Waals surface area contributed by atoms with Crippen molar-refractivity contribution in [2.75, 3.05) is 32.7 Å². The number of rotatable bonds is 22. The maximum atomic E-state index is 12.6. The summed E-state index contributed by atoms with van der Waals surface area (Å²) in [4.78, 5) is 52.0. The summed E-state index contributed by atoms with van der Waals surface area (Å²) < 4.78 is 0. The number of unbranched alkanes of at least 4 members (excludes halogenated alkanes) is 2. The Morgan fingerprint density at radius 1 is 0.579 bits per heavy atom. The molecule has 3 amide bonds. The van der Waals surface area contributed by atoms with E-state index in [-0.39, 0.29) is 49.2 Å². The van der Waals surface area contributed by atoms with Crippen LogP contribution in [0.5, 0.6) is 0 Å². The topological polar surface area (TPSA) is 168 Å². The molecule has 0 aliphatic carbocycles. The van der Waals surface area contributed by atoms with E-state index in [1.165, 1.54) is 6.92 Å². The highest BCUT2D eigenvalue weighted by molar-refractivity contribution is 5.79. The number of nitrogens with zero attached hydrogens (tertiary/aromatic N) is 2. The number of aliphatic hydroxyl groups excluding tert-OH is 4. The molecule has 0 aliphatic rings. The second-order valence-electron chi connectivity index (χ2n) is 10.4. The van der Waals surface area contributed by atoms with Gasteiger partial charge in [-0.15, -0.1) is 0 Å². The molecule has 0 radical (unpaired) electrons. The van der Waals surface area contributed by atoms with E-state index in [1.54, 1.807) is 30.6 Å². The zero-order chi connectivity index (χ0) is 29.1. The van der Waals surface area contributed by atoms with Crippen LogP contribution >= 0.6 is 0 Å². The lowest BCUT2D eigenvalue weighted by Gasteiger charge is -2.26. The van der Waals surface area contributed by atoms with Crippen molar-refractivity contribution in [1.82, 2.24) is 15.1 Å². The smallest absolute Gasteiger partial charge is 0.225 e. The predicted molar refractivity (Wildman–Crippen MR) is 144 cm³/mol. The van der Waals surface area contributed by atoms with E-state index in [4.69, 9.17) is 0 Å². The minimum atomic E-state index is -0.767. The van der Waals surface area contributed by atoms with Gasteiger partial charge in [0, 0.05) is 45.6 Å². The Balaban J connectivity index is 4.75. The van der Waals surface area contributed by atoms with E-state index < -0.39 is 24.4 Å². The summed E-state index contributed by atoms with van der Waals surface area (Å²) >= 11 is 0. The van der Waals surface area contributed by atoms with Gasteiger partial charge >= 0.3 is 0 Å². The van der Waals surface area contributed by atoms with Gasteiger partial charge in [-0.1, -0.05) is 0 Å². The molecule has 0 unspecified atom stereocenters. The van der Waals surface area contributed by atoms with Gasteiger partial charge < -0.3 is 35.5 Å². The molecule has 0 rings (SSSR count). The maximum absolute atomic E-state index is 12.6. The molecular weight excluding hydrogens is 494 g/mol. The van der Waals surface area contributed by atoms with Crippen molar-refractivity contribution in [1.29, 1.82) is 0 Å². The van der Waals surface area contributed by atoms with Gasteiger partial charge in [-0.05, 0) is 59.8 Å². The molecule has 0 aromatic heterocycles. The van der Waals surface area contributed by atoms with Crippen molar-refractivity contribution < 1.29 is 39.6 Å². The van der Waals surface area contributed by atoms with Gasteiger partial charge in [0.2, 0.25) is 17.7 Å². The first-order chi connectivity index (χ1) is 17.8. The second-order valence-corrected chi connectivity index (χ2v) is 10.4. The van der Waals surface area contributed by atoms with Crippen molar-refractivity contribution in [3.63, 3.8) is 0 Å². The fraction of sp³-hybridized carbons (Fsp3) is 0.852. The number of hydrogen-bond donors (Lipinski definition) is 5. The Bertz CT molecular complexity index is 640. The standard InChI is InChI=1S/C27H51N3O8/c1-20(31)16-24(35)10-5-6-12-29(26(37)18-22(3)33)13-7-8-14-30(27(38)19-23(4)34)15-9-11-28-25(36)17-21(2)32/h20-23,31-34H,5-19H2,1-4H3,(H,28,36)/t20-,21-,22-,23-/m1/s1. The van der Waals surface area contributed by atoms with E-state index in [2.05, 4.69) is 5.32 Å². The molecule has 0 saturated carbocycles. The molecule has 5 N–H and O–H groups in total. The first-order valence-corrected chi connectivity index (χ1v) is 13.9. The highest BCUT2D eigenvalue weighted by atomic mass is 16.3. The number of aliphatic hydroxyl groups is 4. The third kappa shape index (κ3) is 20.0. The van der Waals surface area contributed by atoms with Crippen LogP contribution in [-0.4, -0.2) is 111 Å². The Labute approximate surface area is 227 Å². The number of carbonyl (C=O) groups is 4. The first-order valence-electron chi connectivity index (χ1n) is 13.9. The maximum Gasteiger partial charge on any atom is 0.225 e. The van der Waals surface area contributed by atoms with E-state index in [0.29, 0.717) is 71.2 Å². The first kappa shape index (κ1) is 35.9. The predicted octanol–water partition coefficient (Wildman–Crippen LogP) is 0.753. The SMILES string of the molecule is C[C@@H](O)CC(=O)CCCCN(CCCCN(CCCNC(=O)C[C@@H](C)O)C(=O)C[C@@H](C)O)C(=O)C[C@@H](C)O. The van der Waals surface area contributed by atoms with Crippen LogP contribution in [0.25, 0.3) is 0 Å². The Kier molecular flexibility index (Phi) is 19.7. The lowest BCUT2D eigenvalue weighted by molar-refractivity contribution is -0.134. The van der Waals surface area contributed by atoms with Crippen LogP contribution in [0.3, 0.4) is 0 Å². The van der Waals surface area contributed by atoms with Crippen LogP contribution in [0.2, 0.25) is 0 Å². The van der Waals surface area contributed by atoms with Gasteiger partial charge in [0.1, 0.15) is 5.78 Å². The monoisotopic (exact) mass is 545 g/mol. The molecule has 0 bridgehead atoms. The lowest BCUT2D eigenvalue weighted by Crippen LogP contribution is -2.38. The summed E-state index contributed by atoms with van der Waals surface area (Å²) in [6, 6.07) is 0. The molecule has 222 valence electrons. The highest BCUT2D eigenvalue weighted by Gasteiger charge is 2.18. The molecule has 0 spiro atoms. The highest BCUT2D eigenvalue weighted by Crippen LogP contribution is 2.09. The Hall–Kier alpha value is -2.08. The molecule has 0 fully saturated rings. The fourth-order valence-electron chi connectivity index (χ4n) is 3.99. The Morgan fingerprint density at radius 2 is 0.974 bits per heavy atom. The zero-order valence-electron chi connectivity index (χ0n) is 23.7. The molecule has 38 heavy (non-hydrogen) atoms. The number of amides is 3. The summed E-state index contributed by atoms with van der Waals surface area (Å²) in [5.74, 6) is -0.605. The summed E-state index contributed by atoms with van der Waals surface area (Å²) in [7, 11) is 0. The van der Waals surface area contributed by atoms with Gasteiger partial charge in [0.25, 0.3) is 0 Å². The Morgan fingerprint density at radius 3 is 1.39 bits per heavy atom. The molecule has 0 heterocycles. The summed E-state index contributed by atoms with van der Waals surface area (Å²) in [6.45, 7) is 8.36. The van der Waals surface area contributed by atoms with E-state index in [0.717, 1.165) is 0 Å². The van der Waals surface area contributed by atoms with Gasteiger partial charge in [0.05, 0.1) is 43.7 Å². The second kappa shape index (κ2) is 20.8. The lowest BCUT2D eigenvalue weighted by atomic mass is 10.1.